The van der Waals surface area contributed by atoms with Crippen LogP contribution < -0.4 is 11.3 Å². The molecule has 0 aromatic carbocycles. The molecule has 0 radical (unpaired) electrons. The lowest BCUT2D eigenvalue weighted by Gasteiger charge is -2.16. The van der Waals surface area contributed by atoms with Gasteiger partial charge in [0.1, 0.15) is 11.4 Å². The molecule has 3 rings (SSSR count). The Bertz CT molecular complexity index is 805. The number of rotatable bonds is 2. The van der Waals surface area contributed by atoms with Gasteiger partial charge in [-0.15, -0.1) is 0 Å². The maximum Gasteiger partial charge on any atom is 0.287 e. The second-order valence-electron chi connectivity index (χ2n) is 4.59. The molecule has 0 amide bonds. The molecule has 0 aliphatic carbocycles. The average Bonchev–Trinajstić information content (AvgIpc) is 2.75. The van der Waals surface area contributed by atoms with Crippen LogP contribution in [0.25, 0.3) is 17.3 Å². The van der Waals surface area contributed by atoms with Gasteiger partial charge in [-0.2, -0.15) is 9.97 Å². The molecule has 2 unspecified atom stereocenters. The third kappa shape index (κ3) is 1.96. The van der Waals surface area contributed by atoms with Gasteiger partial charge in [0.2, 0.25) is 11.8 Å². The molecule has 0 saturated carbocycles. The SMILES string of the molecule is Nc1nc2n(C3=C(O)C(O)C(CO)O3)ccc(F)c-2c(=O)n1. The number of nitrogens with two attached hydrogens (primary N) is 1. The summed E-state index contributed by atoms with van der Waals surface area (Å²) in [5.74, 6) is -2.34. The third-order valence-corrected chi connectivity index (χ3v) is 3.22. The third-order valence-electron chi connectivity index (χ3n) is 3.22. The minimum atomic E-state index is -1.46. The highest BCUT2D eigenvalue weighted by molar-refractivity contribution is 5.63. The van der Waals surface area contributed by atoms with Crippen LogP contribution in [-0.4, -0.2) is 48.7 Å². The number of pyridine rings is 1. The summed E-state index contributed by atoms with van der Waals surface area (Å²) in [6, 6.07) is 0.950. The minimum Gasteiger partial charge on any atom is -0.505 e. The van der Waals surface area contributed by atoms with Crippen molar-refractivity contribution in [1.82, 2.24) is 14.5 Å². The van der Waals surface area contributed by atoms with Crippen molar-refractivity contribution in [2.75, 3.05) is 12.3 Å². The number of ether oxygens (including phenoxy) is 1. The maximum absolute atomic E-state index is 13.8. The van der Waals surface area contributed by atoms with Crippen LogP contribution in [0.5, 0.6) is 0 Å². The van der Waals surface area contributed by atoms with Crippen LogP contribution in [0.2, 0.25) is 0 Å². The smallest absolute Gasteiger partial charge is 0.287 e. The van der Waals surface area contributed by atoms with Crippen molar-refractivity contribution in [2.24, 2.45) is 0 Å². The molecule has 5 N–H and O–H groups in total. The zero-order valence-electron chi connectivity index (χ0n) is 11.0. The largest absolute Gasteiger partial charge is 0.505 e. The zero-order valence-corrected chi connectivity index (χ0v) is 11.0. The van der Waals surface area contributed by atoms with E-state index in [1.54, 1.807) is 0 Å². The van der Waals surface area contributed by atoms with Gasteiger partial charge in [0.05, 0.1) is 6.61 Å². The molecule has 0 spiro atoms. The Morgan fingerprint density at radius 2 is 2.18 bits per heavy atom. The molecule has 3 aliphatic heterocycles. The molecule has 116 valence electrons. The van der Waals surface area contributed by atoms with Crippen LogP contribution in [0.3, 0.4) is 0 Å². The lowest BCUT2D eigenvalue weighted by molar-refractivity contribution is 0.0139. The van der Waals surface area contributed by atoms with Gasteiger partial charge >= 0.3 is 0 Å². The van der Waals surface area contributed by atoms with Crippen LogP contribution in [0.1, 0.15) is 0 Å². The van der Waals surface area contributed by atoms with Gasteiger partial charge in [-0.1, -0.05) is 0 Å². The average molecular weight is 310 g/mol. The number of hydrogen-bond donors (Lipinski definition) is 4. The van der Waals surface area contributed by atoms with Crippen molar-refractivity contribution in [1.29, 1.82) is 0 Å². The second-order valence-corrected chi connectivity index (χ2v) is 4.59. The fourth-order valence-corrected chi connectivity index (χ4v) is 2.17. The topological polar surface area (TPSA) is 144 Å². The Labute approximate surface area is 122 Å². The molecular weight excluding hydrogens is 299 g/mol. The van der Waals surface area contributed by atoms with Gasteiger partial charge in [-0.25, -0.2) is 4.39 Å². The monoisotopic (exact) mass is 310 g/mol. The Kier molecular flexibility index (Phi) is 3.19. The van der Waals surface area contributed by atoms with Gasteiger partial charge in [-0.3, -0.25) is 9.36 Å². The van der Waals surface area contributed by atoms with Crippen molar-refractivity contribution in [2.45, 2.75) is 12.2 Å². The molecular formula is C12H11FN4O5. The quantitative estimate of drug-likeness (QED) is 0.547. The van der Waals surface area contributed by atoms with E-state index in [2.05, 4.69) is 9.97 Å². The number of aliphatic hydroxyl groups excluding tert-OH is 3. The summed E-state index contributed by atoms with van der Waals surface area (Å²) >= 11 is 0. The van der Waals surface area contributed by atoms with E-state index in [1.165, 1.54) is 0 Å². The van der Waals surface area contributed by atoms with Crippen LogP contribution in [0.4, 0.5) is 10.3 Å². The first-order chi connectivity index (χ1) is 10.4. The van der Waals surface area contributed by atoms with Gasteiger partial charge in [0.25, 0.3) is 5.56 Å². The number of anilines is 1. The number of aromatic nitrogens is 3. The Morgan fingerprint density at radius 1 is 1.45 bits per heavy atom. The highest BCUT2D eigenvalue weighted by Gasteiger charge is 2.37. The number of nitrogen functional groups attached to an aromatic ring is 1. The summed E-state index contributed by atoms with van der Waals surface area (Å²) in [6.07, 6.45) is -1.41. The molecule has 10 heteroatoms. The Morgan fingerprint density at radius 3 is 2.82 bits per heavy atom. The number of hydrogen-bond acceptors (Lipinski definition) is 8. The van der Waals surface area contributed by atoms with E-state index in [-0.39, 0.29) is 17.7 Å². The van der Waals surface area contributed by atoms with E-state index in [9.17, 15) is 19.4 Å². The van der Waals surface area contributed by atoms with Crippen LogP contribution >= 0.6 is 0 Å². The molecule has 22 heavy (non-hydrogen) atoms. The lowest BCUT2D eigenvalue weighted by Crippen LogP contribution is -2.27. The minimum absolute atomic E-state index is 0.232. The van der Waals surface area contributed by atoms with Crippen molar-refractivity contribution in [3.63, 3.8) is 0 Å². The number of fused-ring (bicyclic) bond motifs is 1. The van der Waals surface area contributed by atoms with Crippen molar-refractivity contribution in [3.8, 4) is 11.4 Å². The summed E-state index contributed by atoms with van der Waals surface area (Å²) in [7, 11) is 0. The lowest BCUT2D eigenvalue weighted by atomic mass is 10.2. The predicted molar refractivity (Wildman–Crippen MR) is 71.1 cm³/mol. The molecule has 0 aromatic rings. The summed E-state index contributed by atoms with van der Waals surface area (Å²) in [4.78, 5) is 18.9. The summed E-state index contributed by atoms with van der Waals surface area (Å²) in [5.41, 5.74) is 4.02. The van der Waals surface area contributed by atoms with E-state index in [0.29, 0.717) is 0 Å². The summed E-state index contributed by atoms with van der Waals surface area (Å²) < 4.78 is 20.1. The summed E-state index contributed by atoms with van der Waals surface area (Å²) in [6.45, 7) is -0.557. The number of nitrogens with zero attached hydrogens (tertiary/aromatic N) is 3. The Hall–Kier alpha value is -2.72. The van der Waals surface area contributed by atoms with Crippen molar-refractivity contribution >= 4 is 11.8 Å². The normalized spacial score (nSPS) is 21.4. The molecule has 0 saturated heterocycles. The van der Waals surface area contributed by atoms with Gasteiger partial charge in [0.15, 0.2) is 23.8 Å². The molecule has 0 bridgehead atoms. The van der Waals surface area contributed by atoms with Crippen molar-refractivity contribution < 1.29 is 24.4 Å². The highest BCUT2D eigenvalue weighted by atomic mass is 19.1. The standard InChI is InChI=1S/C12H11FN4O5/c13-4-1-2-17(9-6(4)10(21)16-12(14)15-9)11-8(20)7(19)5(3-18)22-11/h1-2,5,7,18-20H,3H2,(H2,14,16,21). The molecule has 0 fully saturated rings. The van der Waals surface area contributed by atoms with Crippen LogP contribution in [0.15, 0.2) is 22.8 Å². The zero-order chi connectivity index (χ0) is 16.0. The molecule has 9 nitrogen and oxygen atoms in total. The Balaban J connectivity index is 2.25. The second kappa shape index (κ2) is 4.93. The van der Waals surface area contributed by atoms with E-state index in [1.807, 2.05) is 0 Å². The van der Waals surface area contributed by atoms with E-state index < -0.39 is 41.5 Å². The van der Waals surface area contributed by atoms with E-state index in [0.717, 1.165) is 16.8 Å². The van der Waals surface area contributed by atoms with Crippen molar-refractivity contribution in [3.05, 3.63) is 34.2 Å². The molecule has 3 aliphatic rings. The van der Waals surface area contributed by atoms with Crippen LogP contribution in [-0.2, 0) is 4.74 Å². The number of halogens is 1. The van der Waals surface area contributed by atoms with E-state index in [4.69, 9.17) is 15.6 Å². The first-order valence-corrected chi connectivity index (χ1v) is 6.17. The van der Waals surface area contributed by atoms with Crippen LogP contribution in [0, 0.1) is 5.82 Å². The number of aliphatic hydroxyl groups is 3. The highest BCUT2D eigenvalue weighted by Crippen LogP contribution is 2.31. The predicted octanol–water partition coefficient (Wildman–Crippen LogP) is -1.10. The molecule has 3 heterocycles. The van der Waals surface area contributed by atoms with Gasteiger partial charge in [0, 0.05) is 6.20 Å². The first-order valence-electron chi connectivity index (χ1n) is 6.17. The maximum atomic E-state index is 13.8. The molecule has 0 aromatic heterocycles. The van der Waals surface area contributed by atoms with Gasteiger partial charge < -0.3 is 25.8 Å². The van der Waals surface area contributed by atoms with E-state index >= 15 is 0 Å². The summed E-state index contributed by atoms with van der Waals surface area (Å²) in [5, 5.41) is 28.7. The fourth-order valence-electron chi connectivity index (χ4n) is 2.17. The van der Waals surface area contributed by atoms with Gasteiger partial charge in [-0.05, 0) is 6.07 Å². The molecule has 2 atom stereocenters. The first kappa shape index (κ1) is 14.2. The fraction of sp³-hybridized carbons (Fsp3) is 0.250.